The van der Waals surface area contributed by atoms with Crippen molar-refractivity contribution in [2.75, 3.05) is 0 Å². The topological polar surface area (TPSA) is 39.4 Å². The predicted octanol–water partition coefficient (Wildman–Crippen LogP) is 3.89. The van der Waals surface area contributed by atoms with Gasteiger partial charge in [-0.05, 0) is 5.56 Å². The van der Waals surface area contributed by atoms with Crippen molar-refractivity contribution in [2.45, 2.75) is 6.61 Å². The third kappa shape index (κ3) is 3.03. The summed E-state index contributed by atoms with van der Waals surface area (Å²) in [4.78, 5) is 12.0. The fourth-order valence-corrected chi connectivity index (χ4v) is 2.06. The van der Waals surface area contributed by atoms with Crippen LogP contribution in [0.5, 0.6) is 5.75 Å². The average Bonchev–Trinajstić information content (AvgIpc) is 2.55. The monoisotopic (exact) mass is 278 g/mol. The highest BCUT2D eigenvalue weighted by Crippen LogP contribution is 2.27. The van der Waals surface area contributed by atoms with Crippen molar-refractivity contribution < 1.29 is 9.15 Å². The lowest BCUT2D eigenvalue weighted by atomic mass is 10.1. The smallest absolute Gasteiger partial charge is 0.227 e. The van der Waals surface area contributed by atoms with Crippen LogP contribution >= 0.6 is 0 Å². The molecular weight excluding hydrogens is 264 g/mol. The van der Waals surface area contributed by atoms with Gasteiger partial charge in [-0.25, -0.2) is 0 Å². The molecule has 0 aliphatic heterocycles. The van der Waals surface area contributed by atoms with Crippen LogP contribution in [0.1, 0.15) is 5.56 Å². The first-order valence-corrected chi connectivity index (χ1v) is 6.68. The summed E-state index contributed by atoms with van der Waals surface area (Å²) in [5, 5.41) is 0. The third-order valence-corrected chi connectivity index (χ3v) is 3.10. The van der Waals surface area contributed by atoms with E-state index in [1.54, 1.807) is 0 Å². The minimum atomic E-state index is -0.184. The van der Waals surface area contributed by atoms with Gasteiger partial charge in [0.1, 0.15) is 6.61 Å². The SMILES string of the molecule is O=c1ccoc(-c2ccccc2)c1OCc1ccccc1. The molecule has 1 aromatic heterocycles. The quantitative estimate of drug-likeness (QED) is 0.727. The molecule has 0 unspecified atom stereocenters. The van der Waals surface area contributed by atoms with Gasteiger partial charge in [0.05, 0.1) is 6.26 Å². The zero-order chi connectivity index (χ0) is 14.5. The fourth-order valence-electron chi connectivity index (χ4n) is 2.06. The van der Waals surface area contributed by atoms with Gasteiger partial charge in [0, 0.05) is 11.6 Å². The van der Waals surface area contributed by atoms with Gasteiger partial charge in [0.25, 0.3) is 0 Å². The number of ether oxygens (including phenoxy) is 1. The van der Waals surface area contributed by atoms with Crippen LogP contribution < -0.4 is 10.2 Å². The van der Waals surface area contributed by atoms with Crippen LogP contribution in [-0.2, 0) is 6.61 Å². The van der Waals surface area contributed by atoms with Gasteiger partial charge in [-0.3, -0.25) is 4.79 Å². The molecule has 0 saturated carbocycles. The molecule has 1 heterocycles. The zero-order valence-corrected chi connectivity index (χ0v) is 11.4. The second kappa shape index (κ2) is 6.09. The minimum Gasteiger partial charge on any atom is -0.481 e. The highest BCUT2D eigenvalue weighted by molar-refractivity contribution is 5.63. The normalized spacial score (nSPS) is 10.3. The third-order valence-electron chi connectivity index (χ3n) is 3.10. The molecule has 3 rings (SSSR count). The summed E-state index contributed by atoms with van der Waals surface area (Å²) in [6, 6.07) is 20.5. The molecule has 3 heteroatoms. The van der Waals surface area contributed by atoms with Crippen molar-refractivity contribution in [1.29, 1.82) is 0 Å². The first-order valence-electron chi connectivity index (χ1n) is 6.68. The Kier molecular flexibility index (Phi) is 3.83. The van der Waals surface area contributed by atoms with Crippen molar-refractivity contribution in [3.05, 3.63) is 88.8 Å². The summed E-state index contributed by atoms with van der Waals surface area (Å²) < 4.78 is 11.2. The lowest BCUT2D eigenvalue weighted by Gasteiger charge is -2.09. The Balaban J connectivity index is 1.93. The Bertz CT molecular complexity index is 761. The molecule has 0 radical (unpaired) electrons. The van der Waals surface area contributed by atoms with Crippen LogP contribution in [0.4, 0.5) is 0 Å². The van der Waals surface area contributed by atoms with Crippen molar-refractivity contribution >= 4 is 0 Å². The van der Waals surface area contributed by atoms with Crippen LogP contribution in [-0.4, -0.2) is 0 Å². The van der Waals surface area contributed by atoms with Crippen LogP contribution in [0.2, 0.25) is 0 Å². The molecule has 0 bridgehead atoms. The van der Waals surface area contributed by atoms with Crippen molar-refractivity contribution in [3.8, 4) is 17.1 Å². The molecule has 0 N–H and O–H groups in total. The molecular formula is C18H14O3. The second-order valence-corrected chi connectivity index (χ2v) is 4.58. The number of rotatable bonds is 4. The maximum absolute atomic E-state index is 12.0. The summed E-state index contributed by atoms with van der Waals surface area (Å²) in [5.74, 6) is 0.701. The average molecular weight is 278 g/mol. The van der Waals surface area contributed by atoms with Gasteiger partial charge in [-0.2, -0.15) is 0 Å². The second-order valence-electron chi connectivity index (χ2n) is 4.58. The predicted molar refractivity (Wildman–Crippen MR) is 81.2 cm³/mol. The Morgan fingerprint density at radius 2 is 1.52 bits per heavy atom. The maximum atomic E-state index is 12.0. The van der Waals surface area contributed by atoms with E-state index in [0.717, 1.165) is 11.1 Å². The van der Waals surface area contributed by atoms with Crippen molar-refractivity contribution in [2.24, 2.45) is 0 Å². The Morgan fingerprint density at radius 3 is 2.24 bits per heavy atom. The maximum Gasteiger partial charge on any atom is 0.227 e. The molecule has 0 aliphatic rings. The summed E-state index contributed by atoms with van der Waals surface area (Å²) in [7, 11) is 0. The fraction of sp³-hybridized carbons (Fsp3) is 0.0556. The first-order chi connectivity index (χ1) is 10.3. The van der Waals surface area contributed by atoms with Crippen LogP contribution in [0, 0.1) is 0 Å². The van der Waals surface area contributed by atoms with E-state index < -0.39 is 0 Å². The van der Waals surface area contributed by atoms with Gasteiger partial charge in [-0.15, -0.1) is 0 Å². The summed E-state index contributed by atoms with van der Waals surface area (Å²) in [6.07, 6.45) is 1.39. The Labute approximate surface area is 122 Å². The van der Waals surface area contributed by atoms with Gasteiger partial charge in [0.15, 0.2) is 5.76 Å². The van der Waals surface area contributed by atoms with Gasteiger partial charge < -0.3 is 9.15 Å². The zero-order valence-electron chi connectivity index (χ0n) is 11.4. The minimum absolute atomic E-state index is 0.184. The molecule has 0 spiro atoms. The summed E-state index contributed by atoms with van der Waals surface area (Å²) in [6.45, 7) is 0.329. The summed E-state index contributed by atoms with van der Waals surface area (Å²) >= 11 is 0. The van der Waals surface area contributed by atoms with Gasteiger partial charge in [0.2, 0.25) is 11.2 Å². The molecule has 0 fully saturated rings. The van der Waals surface area contributed by atoms with E-state index in [1.807, 2.05) is 60.7 Å². The van der Waals surface area contributed by atoms with Crippen molar-refractivity contribution in [1.82, 2.24) is 0 Å². The molecule has 0 atom stereocenters. The van der Waals surface area contributed by atoms with E-state index in [0.29, 0.717) is 12.4 Å². The van der Waals surface area contributed by atoms with Gasteiger partial charge >= 0.3 is 0 Å². The van der Waals surface area contributed by atoms with E-state index in [-0.39, 0.29) is 11.2 Å². The lowest BCUT2D eigenvalue weighted by Crippen LogP contribution is -2.08. The van der Waals surface area contributed by atoms with E-state index in [9.17, 15) is 4.79 Å². The first kappa shape index (κ1) is 13.2. The molecule has 2 aromatic carbocycles. The molecule has 3 aromatic rings. The number of benzene rings is 2. The van der Waals surface area contributed by atoms with Crippen LogP contribution in [0.15, 0.2) is 82.2 Å². The van der Waals surface area contributed by atoms with Crippen molar-refractivity contribution in [3.63, 3.8) is 0 Å². The van der Waals surface area contributed by atoms with Gasteiger partial charge in [-0.1, -0.05) is 60.7 Å². The van der Waals surface area contributed by atoms with E-state index >= 15 is 0 Å². The largest absolute Gasteiger partial charge is 0.481 e. The standard InChI is InChI=1S/C18H14O3/c19-16-11-12-20-17(15-9-5-2-6-10-15)18(16)21-13-14-7-3-1-4-8-14/h1-12H,13H2. The lowest BCUT2D eigenvalue weighted by molar-refractivity contribution is 0.295. The van der Waals surface area contributed by atoms with Crippen LogP contribution in [0.25, 0.3) is 11.3 Å². The van der Waals surface area contributed by atoms with E-state index in [2.05, 4.69) is 0 Å². The Hall–Kier alpha value is -2.81. The van der Waals surface area contributed by atoms with E-state index in [1.165, 1.54) is 12.3 Å². The number of hydrogen-bond acceptors (Lipinski definition) is 3. The van der Waals surface area contributed by atoms with E-state index in [4.69, 9.17) is 9.15 Å². The molecule has 0 amide bonds. The number of hydrogen-bond donors (Lipinski definition) is 0. The van der Waals surface area contributed by atoms with Crippen LogP contribution in [0.3, 0.4) is 0 Å². The highest BCUT2D eigenvalue weighted by Gasteiger charge is 2.12. The molecule has 0 saturated heterocycles. The summed E-state index contributed by atoms with van der Waals surface area (Å²) in [5.41, 5.74) is 1.63. The Morgan fingerprint density at radius 1 is 0.857 bits per heavy atom. The molecule has 0 aliphatic carbocycles. The molecule has 21 heavy (non-hydrogen) atoms. The molecule has 104 valence electrons. The highest BCUT2D eigenvalue weighted by atomic mass is 16.5. The molecule has 3 nitrogen and oxygen atoms in total.